The molecule has 1 aromatic rings. The molecule has 1 aliphatic rings. The minimum atomic E-state index is -1.83. The Morgan fingerprint density at radius 2 is 2.41 bits per heavy atom. The SMILES string of the molecule is NC(=O)c1cnnn1[C@@H]1O[C@@H](CO)[C@H](O)[C@H]1F. The first-order valence-corrected chi connectivity index (χ1v) is 4.84. The van der Waals surface area contributed by atoms with Crippen LogP contribution in [0.15, 0.2) is 6.20 Å². The number of nitrogens with two attached hydrogens (primary N) is 1. The van der Waals surface area contributed by atoms with E-state index in [9.17, 15) is 14.3 Å². The second kappa shape index (κ2) is 4.35. The second-order valence-corrected chi connectivity index (χ2v) is 3.61. The molecule has 4 atom stereocenters. The fourth-order valence-corrected chi connectivity index (χ4v) is 1.66. The molecule has 4 N–H and O–H groups in total. The molecule has 0 saturated carbocycles. The van der Waals surface area contributed by atoms with Crippen LogP contribution in [0.3, 0.4) is 0 Å². The van der Waals surface area contributed by atoms with Gasteiger partial charge in [-0.1, -0.05) is 5.21 Å². The highest BCUT2D eigenvalue weighted by molar-refractivity contribution is 5.90. The number of aliphatic hydroxyl groups excluding tert-OH is 2. The highest BCUT2D eigenvalue weighted by Crippen LogP contribution is 2.31. The first kappa shape index (κ1) is 11.9. The molecule has 1 fully saturated rings. The van der Waals surface area contributed by atoms with E-state index in [2.05, 4.69) is 10.3 Å². The molecule has 0 aromatic carbocycles. The second-order valence-electron chi connectivity index (χ2n) is 3.61. The van der Waals surface area contributed by atoms with Crippen molar-refractivity contribution in [2.75, 3.05) is 6.61 Å². The average Bonchev–Trinajstić information content (AvgIpc) is 2.86. The predicted octanol–water partition coefficient (Wildman–Crippen LogP) is -2.03. The van der Waals surface area contributed by atoms with Crippen LogP contribution >= 0.6 is 0 Å². The summed E-state index contributed by atoms with van der Waals surface area (Å²) in [7, 11) is 0. The number of aliphatic hydroxyl groups is 2. The van der Waals surface area contributed by atoms with Crippen LogP contribution in [0.4, 0.5) is 4.39 Å². The third kappa shape index (κ3) is 1.88. The van der Waals surface area contributed by atoms with Crippen LogP contribution in [0.2, 0.25) is 0 Å². The standard InChI is InChI=1S/C8H11FN4O4/c9-5-6(15)4(2-14)17-8(5)13-3(7(10)16)1-11-12-13/h1,4-6,8,14-15H,2H2,(H2,10,16)/t4-,5+,6-,8+/m0/s1. The van der Waals surface area contributed by atoms with E-state index < -0.39 is 37.1 Å². The molecule has 0 radical (unpaired) electrons. The van der Waals surface area contributed by atoms with Gasteiger partial charge < -0.3 is 20.7 Å². The highest BCUT2D eigenvalue weighted by atomic mass is 19.1. The fraction of sp³-hybridized carbons (Fsp3) is 0.625. The number of rotatable bonds is 3. The van der Waals surface area contributed by atoms with Gasteiger partial charge in [0, 0.05) is 0 Å². The number of halogens is 1. The van der Waals surface area contributed by atoms with Crippen molar-refractivity contribution < 1.29 is 24.1 Å². The zero-order chi connectivity index (χ0) is 12.6. The summed E-state index contributed by atoms with van der Waals surface area (Å²) in [6, 6.07) is 0. The first-order chi connectivity index (χ1) is 8.06. The van der Waals surface area contributed by atoms with Crippen LogP contribution in [0.1, 0.15) is 16.7 Å². The third-order valence-electron chi connectivity index (χ3n) is 2.54. The molecule has 2 heterocycles. The van der Waals surface area contributed by atoms with Crippen molar-refractivity contribution in [2.45, 2.75) is 24.6 Å². The molecule has 0 aliphatic carbocycles. The lowest BCUT2D eigenvalue weighted by atomic mass is 10.1. The predicted molar refractivity (Wildman–Crippen MR) is 50.4 cm³/mol. The molecule has 1 amide bonds. The summed E-state index contributed by atoms with van der Waals surface area (Å²) >= 11 is 0. The Morgan fingerprint density at radius 1 is 1.71 bits per heavy atom. The molecule has 1 aromatic heterocycles. The minimum absolute atomic E-state index is 0.136. The lowest BCUT2D eigenvalue weighted by Gasteiger charge is -2.14. The summed E-state index contributed by atoms with van der Waals surface area (Å²) in [6.07, 6.45) is -4.65. The van der Waals surface area contributed by atoms with Crippen molar-refractivity contribution in [3.63, 3.8) is 0 Å². The number of primary amides is 1. The molecular weight excluding hydrogens is 235 g/mol. The number of carbonyl (C=O) groups is 1. The zero-order valence-corrected chi connectivity index (χ0v) is 8.60. The number of amides is 1. The van der Waals surface area contributed by atoms with Crippen LogP contribution < -0.4 is 5.73 Å². The van der Waals surface area contributed by atoms with E-state index in [0.29, 0.717) is 0 Å². The number of nitrogens with zero attached hydrogens (tertiary/aromatic N) is 3. The average molecular weight is 246 g/mol. The Kier molecular flexibility index (Phi) is 3.05. The normalized spacial score (nSPS) is 32.9. The van der Waals surface area contributed by atoms with Crippen LogP contribution in [0.25, 0.3) is 0 Å². The van der Waals surface area contributed by atoms with Gasteiger partial charge in [0.25, 0.3) is 5.91 Å². The number of carbonyl (C=O) groups excluding carboxylic acids is 1. The van der Waals surface area contributed by atoms with Crippen LogP contribution in [-0.2, 0) is 4.74 Å². The van der Waals surface area contributed by atoms with Gasteiger partial charge >= 0.3 is 0 Å². The lowest BCUT2D eigenvalue weighted by Crippen LogP contribution is -2.31. The molecule has 0 unspecified atom stereocenters. The van der Waals surface area contributed by atoms with E-state index in [1.807, 2.05) is 0 Å². The van der Waals surface area contributed by atoms with E-state index in [1.165, 1.54) is 0 Å². The number of aromatic nitrogens is 3. The fourth-order valence-electron chi connectivity index (χ4n) is 1.66. The van der Waals surface area contributed by atoms with E-state index in [-0.39, 0.29) is 5.69 Å². The summed E-state index contributed by atoms with van der Waals surface area (Å²) < 4.78 is 19.6. The molecule has 1 aliphatic heterocycles. The maximum absolute atomic E-state index is 13.7. The summed E-state index contributed by atoms with van der Waals surface area (Å²) in [5.41, 5.74) is 4.91. The van der Waals surface area contributed by atoms with E-state index in [1.54, 1.807) is 0 Å². The monoisotopic (exact) mass is 246 g/mol. The molecule has 0 bridgehead atoms. The van der Waals surface area contributed by atoms with Gasteiger partial charge in [-0.05, 0) is 0 Å². The maximum atomic E-state index is 13.7. The Labute approximate surface area is 94.8 Å². The van der Waals surface area contributed by atoms with Gasteiger partial charge in [0.15, 0.2) is 12.4 Å². The van der Waals surface area contributed by atoms with E-state index >= 15 is 0 Å². The molecule has 17 heavy (non-hydrogen) atoms. The van der Waals surface area contributed by atoms with Gasteiger partial charge in [0.2, 0.25) is 0 Å². The molecule has 2 rings (SSSR count). The Bertz CT molecular complexity index is 425. The molecule has 9 heteroatoms. The summed E-state index contributed by atoms with van der Waals surface area (Å²) in [6.45, 7) is -0.543. The van der Waals surface area contributed by atoms with Crippen molar-refractivity contribution >= 4 is 5.91 Å². The lowest BCUT2D eigenvalue weighted by molar-refractivity contribution is -0.0534. The van der Waals surface area contributed by atoms with Crippen LogP contribution in [0.5, 0.6) is 0 Å². The number of hydrogen-bond donors (Lipinski definition) is 3. The van der Waals surface area contributed by atoms with E-state index in [4.69, 9.17) is 15.6 Å². The largest absolute Gasteiger partial charge is 0.394 e. The minimum Gasteiger partial charge on any atom is -0.394 e. The van der Waals surface area contributed by atoms with Gasteiger partial charge in [0.05, 0.1) is 12.8 Å². The van der Waals surface area contributed by atoms with Crippen molar-refractivity contribution in [3.8, 4) is 0 Å². The Balaban J connectivity index is 2.29. The summed E-state index contributed by atoms with van der Waals surface area (Å²) in [5.74, 6) is -0.840. The summed E-state index contributed by atoms with van der Waals surface area (Å²) in [4.78, 5) is 11.0. The first-order valence-electron chi connectivity index (χ1n) is 4.84. The van der Waals surface area contributed by atoms with Gasteiger partial charge in [-0.15, -0.1) is 5.10 Å². The number of alkyl halides is 1. The van der Waals surface area contributed by atoms with Crippen molar-refractivity contribution in [3.05, 3.63) is 11.9 Å². The molecule has 1 saturated heterocycles. The van der Waals surface area contributed by atoms with Crippen molar-refractivity contribution in [1.82, 2.24) is 15.0 Å². The number of hydrogen-bond acceptors (Lipinski definition) is 6. The smallest absolute Gasteiger partial charge is 0.268 e. The summed E-state index contributed by atoms with van der Waals surface area (Å²) in [5, 5.41) is 25.2. The van der Waals surface area contributed by atoms with E-state index in [0.717, 1.165) is 10.9 Å². The van der Waals surface area contributed by atoms with Crippen LogP contribution in [-0.4, -0.2) is 56.1 Å². The Morgan fingerprint density at radius 3 is 2.94 bits per heavy atom. The molecule has 8 nitrogen and oxygen atoms in total. The Hall–Kier alpha value is -1.58. The number of ether oxygens (including phenoxy) is 1. The molecule has 0 spiro atoms. The highest BCUT2D eigenvalue weighted by Gasteiger charge is 2.46. The van der Waals surface area contributed by atoms with Crippen molar-refractivity contribution in [1.29, 1.82) is 0 Å². The van der Waals surface area contributed by atoms with Crippen molar-refractivity contribution in [2.24, 2.45) is 5.73 Å². The topological polar surface area (TPSA) is 123 Å². The molecule has 94 valence electrons. The van der Waals surface area contributed by atoms with Gasteiger partial charge in [-0.2, -0.15) is 0 Å². The van der Waals surface area contributed by atoms with Gasteiger partial charge in [-0.3, -0.25) is 4.79 Å². The molecular formula is C8H11FN4O4. The maximum Gasteiger partial charge on any atom is 0.268 e. The van der Waals surface area contributed by atoms with Crippen LogP contribution in [0, 0.1) is 0 Å². The van der Waals surface area contributed by atoms with Gasteiger partial charge in [-0.25, -0.2) is 9.07 Å². The van der Waals surface area contributed by atoms with Gasteiger partial charge in [0.1, 0.15) is 17.9 Å². The zero-order valence-electron chi connectivity index (χ0n) is 8.60. The third-order valence-corrected chi connectivity index (χ3v) is 2.54. The quantitative estimate of drug-likeness (QED) is 0.565.